The number of carbonyl (C=O) groups is 2. The maximum absolute atomic E-state index is 12.0. The van der Waals surface area contributed by atoms with E-state index in [-0.39, 0.29) is 5.56 Å². The van der Waals surface area contributed by atoms with Crippen LogP contribution in [-0.2, 0) is 14.6 Å². The van der Waals surface area contributed by atoms with Gasteiger partial charge in [0.1, 0.15) is 4.90 Å². The number of esters is 1. The highest BCUT2D eigenvalue weighted by Crippen LogP contribution is 2.25. The molecule has 0 bridgehead atoms. The molecule has 0 aromatic heterocycles. The zero-order chi connectivity index (χ0) is 18.6. The Bertz CT molecular complexity index is 936. The van der Waals surface area contributed by atoms with E-state index in [1.165, 1.54) is 0 Å². The van der Waals surface area contributed by atoms with Crippen LogP contribution in [0.5, 0.6) is 0 Å². The van der Waals surface area contributed by atoms with Gasteiger partial charge in [0.25, 0.3) is 5.69 Å². The number of ketones is 1. The molecule has 2 aromatic rings. The van der Waals surface area contributed by atoms with Crippen molar-refractivity contribution in [2.45, 2.75) is 4.90 Å². The van der Waals surface area contributed by atoms with Crippen molar-refractivity contribution in [2.75, 3.05) is 12.9 Å². The molecule has 130 valence electrons. The topological polar surface area (TPSA) is 121 Å². The molecule has 0 saturated carbocycles. The lowest BCUT2D eigenvalue weighted by atomic mass is 10.1. The third-order valence-electron chi connectivity index (χ3n) is 3.22. The molecule has 2 rings (SSSR count). The fraction of sp³-hybridized carbons (Fsp3) is 0.125. The molecular weight excluding hydrogens is 350 g/mol. The van der Waals surface area contributed by atoms with Crippen LogP contribution in [0.15, 0.2) is 53.4 Å². The van der Waals surface area contributed by atoms with Crippen molar-refractivity contribution in [3.05, 3.63) is 69.8 Å². The van der Waals surface area contributed by atoms with Gasteiger partial charge in [0.2, 0.25) is 0 Å². The van der Waals surface area contributed by atoms with E-state index in [1.807, 2.05) is 0 Å². The predicted octanol–water partition coefficient (Wildman–Crippen LogP) is 2.04. The smallest absolute Gasteiger partial charge is 0.338 e. The number of rotatable bonds is 6. The van der Waals surface area contributed by atoms with E-state index in [1.54, 1.807) is 30.3 Å². The van der Waals surface area contributed by atoms with E-state index in [9.17, 15) is 28.1 Å². The fourth-order valence-electron chi connectivity index (χ4n) is 2.02. The van der Waals surface area contributed by atoms with Crippen molar-refractivity contribution < 1.29 is 27.7 Å². The van der Waals surface area contributed by atoms with E-state index in [0.29, 0.717) is 5.56 Å². The van der Waals surface area contributed by atoms with Crippen molar-refractivity contribution >= 4 is 27.3 Å². The molecule has 0 aliphatic carbocycles. The summed E-state index contributed by atoms with van der Waals surface area (Å²) in [4.78, 5) is 33.5. The maximum atomic E-state index is 12.0. The number of hydrogen-bond acceptors (Lipinski definition) is 7. The normalized spacial score (nSPS) is 10.9. The highest BCUT2D eigenvalue weighted by atomic mass is 32.2. The minimum atomic E-state index is -3.83. The number of sulfone groups is 1. The first-order chi connectivity index (χ1) is 11.7. The Labute approximate surface area is 143 Å². The van der Waals surface area contributed by atoms with E-state index >= 15 is 0 Å². The number of nitrogens with zero attached hydrogens (tertiary/aromatic N) is 1. The van der Waals surface area contributed by atoms with Crippen LogP contribution in [0.2, 0.25) is 0 Å². The minimum Gasteiger partial charge on any atom is -0.454 e. The van der Waals surface area contributed by atoms with Crippen LogP contribution < -0.4 is 0 Å². The van der Waals surface area contributed by atoms with Crippen molar-refractivity contribution in [3.63, 3.8) is 0 Å². The van der Waals surface area contributed by atoms with Gasteiger partial charge in [-0.05, 0) is 12.1 Å². The molecule has 25 heavy (non-hydrogen) atoms. The predicted molar refractivity (Wildman–Crippen MR) is 87.3 cm³/mol. The Morgan fingerprint density at radius 1 is 1.08 bits per heavy atom. The lowest BCUT2D eigenvalue weighted by molar-refractivity contribution is -0.387. The van der Waals surface area contributed by atoms with Gasteiger partial charge < -0.3 is 4.74 Å². The third kappa shape index (κ3) is 4.48. The Kier molecular flexibility index (Phi) is 5.28. The quantitative estimate of drug-likeness (QED) is 0.333. The summed E-state index contributed by atoms with van der Waals surface area (Å²) in [5.74, 6) is -1.40. The van der Waals surface area contributed by atoms with Crippen LogP contribution in [0.1, 0.15) is 20.7 Å². The molecule has 0 aliphatic rings. The summed E-state index contributed by atoms with van der Waals surface area (Å²) >= 11 is 0. The van der Waals surface area contributed by atoms with Gasteiger partial charge >= 0.3 is 5.97 Å². The number of hydrogen-bond donors (Lipinski definition) is 0. The summed E-state index contributed by atoms with van der Waals surface area (Å²) in [7, 11) is -3.83. The summed E-state index contributed by atoms with van der Waals surface area (Å²) in [5, 5.41) is 11.0. The number of carbonyl (C=O) groups excluding carboxylic acids is 2. The summed E-state index contributed by atoms with van der Waals surface area (Å²) in [6.45, 7) is -0.537. The summed E-state index contributed by atoms with van der Waals surface area (Å²) in [6.07, 6.45) is 0.825. The third-order valence-corrected chi connectivity index (χ3v) is 4.37. The van der Waals surface area contributed by atoms with Gasteiger partial charge in [0.05, 0.1) is 10.5 Å². The molecule has 0 radical (unpaired) electrons. The molecule has 0 spiro atoms. The average Bonchev–Trinajstić information content (AvgIpc) is 2.58. The lowest BCUT2D eigenvalue weighted by Crippen LogP contribution is -2.14. The lowest BCUT2D eigenvalue weighted by Gasteiger charge is -2.06. The molecule has 9 heteroatoms. The van der Waals surface area contributed by atoms with Gasteiger partial charge in [-0.3, -0.25) is 14.9 Å². The minimum absolute atomic E-state index is 0.222. The second-order valence-electron chi connectivity index (χ2n) is 5.08. The molecule has 0 saturated heterocycles. The molecule has 0 heterocycles. The van der Waals surface area contributed by atoms with E-state index < -0.39 is 43.7 Å². The maximum Gasteiger partial charge on any atom is 0.338 e. The zero-order valence-electron chi connectivity index (χ0n) is 13.0. The number of ether oxygens (including phenoxy) is 1. The zero-order valence-corrected chi connectivity index (χ0v) is 13.9. The highest BCUT2D eigenvalue weighted by Gasteiger charge is 2.24. The second kappa shape index (κ2) is 7.22. The summed E-state index contributed by atoms with van der Waals surface area (Å²) < 4.78 is 27.9. The first-order valence-electron chi connectivity index (χ1n) is 6.94. The molecule has 2 aromatic carbocycles. The van der Waals surface area contributed by atoms with Crippen LogP contribution >= 0.6 is 0 Å². The van der Waals surface area contributed by atoms with E-state index in [4.69, 9.17) is 4.74 Å². The van der Waals surface area contributed by atoms with Crippen molar-refractivity contribution in [2.24, 2.45) is 0 Å². The van der Waals surface area contributed by atoms with Crippen LogP contribution in [0.25, 0.3) is 0 Å². The van der Waals surface area contributed by atoms with Crippen LogP contribution in [0, 0.1) is 10.1 Å². The van der Waals surface area contributed by atoms with Crippen LogP contribution in [0.4, 0.5) is 5.69 Å². The Balaban J connectivity index is 2.18. The number of nitro groups is 1. The summed E-state index contributed by atoms with van der Waals surface area (Å²) in [5.41, 5.74) is -0.597. The molecule has 0 amide bonds. The second-order valence-corrected chi connectivity index (χ2v) is 7.06. The molecule has 0 aliphatic heterocycles. The number of benzene rings is 2. The molecule has 0 unspecified atom stereocenters. The van der Waals surface area contributed by atoms with Crippen molar-refractivity contribution in [3.8, 4) is 0 Å². The van der Waals surface area contributed by atoms with E-state index in [2.05, 4.69) is 0 Å². The Hall–Kier alpha value is -3.07. The highest BCUT2D eigenvalue weighted by molar-refractivity contribution is 7.90. The molecule has 0 N–H and O–H groups in total. The fourth-order valence-corrected chi connectivity index (χ4v) is 2.85. The summed E-state index contributed by atoms with van der Waals surface area (Å²) in [6, 6.07) is 11.0. The first-order valence-corrected chi connectivity index (χ1v) is 8.83. The molecule has 0 fully saturated rings. The Morgan fingerprint density at radius 2 is 1.72 bits per heavy atom. The van der Waals surface area contributed by atoms with Gasteiger partial charge in [0, 0.05) is 17.9 Å². The Morgan fingerprint density at radius 3 is 2.28 bits per heavy atom. The monoisotopic (exact) mass is 363 g/mol. The number of nitro benzene ring substituents is 1. The van der Waals surface area contributed by atoms with Crippen molar-refractivity contribution in [1.29, 1.82) is 0 Å². The SMILES string of the molecule is CS(=O)(=O)c1ccc(C(=O)OCC(=O)c2ccccc2)cc1[N+](=O)[O-]. The van der Waals surface area contributed by atoms with Gasteiger partial charge in [-0.25, -0.2) is 13.2 Å². The number of Topliss-reactive ketones (excluding diaryl/α,β-unsaturated/α-hetero) is 1. The van der Waals surface area contributed by atoms with Crippen LogP contribution in [0.3, 0.4) is 0 Å². The average molecular weight is 363 g/mol. The molecule has 8 nitrogen and oxygen atoms in total. The first kappa shape index (κ1) is 18.3. The van der Waals surface area contributed by atoms with Crippen LogP contribution in [-0.4, -0.2) is 38.0 Å². The standard InChI is InChI=1S/C16H13NO7S/c1-25(22,23)15-8-7-12(9-13(15)17(20)21)16(19)24-10-14(18)11-5-3-2-4-6-11/h2-9H,10H2,1H3. The largest absolute Gasteiger partial charge is 0.454 e. The van der Waals surface area contributed by atoms with Gasteiger partial charge in [-0.15, -0.1) is 0 Å². The van der Waals surface area contributed by atoms with E-state index in [0.717, 1.165) is 24.5 Å². The van der Waals surface area contributed by atoms with Gasteiger partial charge in [-0.1, -0.05) is 30.3 Å². The van der Waals surface area contributed by atoms with Gasteiger partial charge in [-0.2, -0.15) is 0 Å². The molecular formula is C16H13NO7S. The molecule has 0 atom stereocenters. The van der Waals surface area contributed by atoms with Gasteiger partial charge in [0.15, 0.2) is 22.2 Å². The van der Waals surface area contributed by atoms with Crippen molar-refractivity contribution in [1.82, 2.24) is 0 Å².